The molecule has 1 amide bonds. The SMILES string of the molecule is C.Cc1ccc(C(=O)c2cnc(N3CCN(C(=O)OC(C)(C)C)CC3)nc2)cc1.Cn1cc(-c2cc3c(Cl)ccnn3c2)cn1.Cn1cc(-c2cc3n(c2)N=CCC3=O)c[n+]1C. The van der Waals surface area contributed by atoms with Gasteiger partial charge in [0.15, 0.2) is 18.6 Å². The van der Waals surface area contributed by atoms with E-state index in [2.05, 4.69) is 25.3 Å². The molecule has 0 spiro atoms. The molecule has 1 fully saturated rings. The van der Waals surface area contributed by atoms with Crippen molar-refractivity contribution >= 4 is 46.9 Å². The van der Waals surface area contributed by atoms with E-state index in [0.29, 0.717) is 60.4 Å². The molecule has 0 bridgehead atoms. The molecule has 322 valence electrons. The maximum absolute atomic E-state index is 12.5. The summed E-state index contributed by atoms with van der Waals surface area (Å²) in [5, 5.41) is 13.2. The van der Waals surface area contributed by atoms with Gasteiger partial charge in [0, 0.05) is 105 Å². The van der Waals surface area contributed by atoms with Gasteiger partial charge in [-0.2, -0.15) is 20.0 Å². The van der Waals surface area contributed by atoms with Gasteiger partial charge in [-0.1, -0.05) is 48.9 Å². The number of amides is 1. The molecule has 2 aliphatic heterocycles. The molecule has 16 nitrogen and oxygen atoms in total. The first-order chi connectivity index (χ1) is 29.1. The van der Waals surface area contributed by atoms with Gasteiger partial charge in [0.1, 0.15) is 11.3 Å². The largest absolute Gasteiger partial charge is 0.444 e. The minimum absolute atomic E-state index is 0. The molecule has 1 aromatic carbocycles. The van der Waals surface area contributed by atoms with Gasteiger partial charge in [0.25, 0.3) is 0 Å². The second-order valence-corrected chi connectivity index (χ2v) is 16.2. The first-order valence-corrected chi connectivity index (χ1v) is 20.1. The Balaban J connectivity index is 0.000000162. The molecule has 62 heavy (non-hydrogen) atoms. The molecule has 9 rings (SSSR count). The van der Waals surface area contributed by atoms with Crippen LogP contribution < -0.4 is 9.58 Å². The van der Waals surface area contributed by atoms with Crippen LogP contribution in [0.1, 0.15) is 66.6 Å². The van der Waals surface area contributed by atoms with Gasteiger partial charge in [-0.05, 0) is 45.9 Å². The summed E-state index contributed by atoms with van der Waals surface area (Å²) in [4.78, 5) is 48.8. The number of hydrogen-bond acceptors (Lipinski definition) is 10. The molecule has 0 N–H and O–H groups in total. The third kappa shape index (κ3) is 10.5. The van der Waals surface area contributed by atoms with Crippen LogP contribution in [0.3, 0.4) is 0 Å². The standard InChI is InChI=1S/C21H26N4O3.C12H13N4O.C11H9ClN4.CH4/c1-15-5-7-16(8-6-15)18(26)17-13-22-19(23-14-17)24-9-11-25(12-10-24)20(27)28-21(2,3)4;1-14-6-10(7-15(14)2)9-5-11-12(17)3-4-13-16(11)8-9;1-15-6-9(5-14-15)8-4-11-10(12)2-3-13-16(11)7-8;/h5-8,13-14H,9-12H2,1-4H3;4-8H,3H2,1-2H3;2-7H,1H3;1H4/q;+1;;. The van der Waals surface area contributed by atoms with Crippen molar-refractivity contribution in [3.8, 4) is 22.3 Å². The molecule has 2 aliphatic rings. The Morgan fingerprint density at radius 2 is 1.52 bits per heavy atom. The number of ketones is 2. The fraction of sp³-hybridized carbons (Fsp3) is 0.311. The first kappa shape index (κ1) is 44.6. The minimum Gasteiger partial charge on any atom is -0.444 e. The number of hydrogen-bond donors (Lipinski definition) is 0. The highest BCUT2D eigenvalue weighted by molar-refractivity contribution is 6.33. The zero-order valence-electron chi connectivity index (χ0n) is 35.2. The van der Waals surface area contributed by atoms with E-state index in [9.17, 15) is 14.4 Å². The maximum Gasteiger partial charge on any atom is 0.410 e. The van der Waals surface area contributed by atoms with E-state index >= 15 is 0 Å². The van der Waals surface area contributed by atoms with Crippen molar-refractivity contribution in [3.05, 3.63) is 126 Å². The van der Waals surface area contributed by atoms with Crippen LogP contribution in [0.25, 0.3) is 27.8 Å². The third-order valence-corrected chi connectivity index (χ3v) is 10.3. The summed E-state index contributed by atoms with van der Waals surface area (Å²) in [5.74, 6) is 0.581. The lowest BCUT2D eigenvalue weighted by Gasteiger charge is -2.35. The number of piperazine rings is 1. The molecule has 6 aromatic heterocycles. The Morgan fingerprint density at radius 3 is 2.11 bits per heavy atom. The number of benzene rings is 1. The number of nitrogens with zero attached hydrogens (tertiary/aromatic N) is 12. The van der Waals surface area contributed by atoms with E-state index in [1.165, 1.54) is 0 Å². The smallest absolute Gasteiger partial charge is 0.410 e. The number of aryl methyl sites for hydroxylation is 4. The van der Waals surface area contributed by atoms with Crippen molar-refractivity contribution in [3.63, 3.8) is 0 Å². The maximum atomic E-state index is 12.5. The topological polar surface area (TPSA) is 154 Å². The Kier molecular flexibility index (Phi) is 13.5. The molecule has 0 saturated carbocycles. The highest BCUT2D eigenvalue weighted by Crippen LogP contribution is 2.26. The predicted molar refractivity (Wildman–Crippen MR) is 239 cm³/mol. The van der Waals surface area contributed by atoms with E-state index in [1.54, 1.807) is 49.6 Å². The summed E-state index contributed by atoms with van der Waals surface area (Å²) in [7, 11) is 5.84. The van der Waals surface area contributed by atoms with Crippen LogP contribution in [0.4, 0.5) is 10.7 Å². The highest BCUT2D eigenvalue weighted by atomic mass is 35.5. The molecule has 17 heteroatoms. The van der Waals surface area contributed by atoms with Crippen molar-refractivity contribution in [1.29, 1.82) is 0 Å². The van der Waals surface area contributed by atoms with Gasteiger partial charge >= 0.3 is 6.09 Å². The fourth-order valence-electron chi connectivity index (χ4n) is 6.60. The molecule has 0 aliphatic carbocycles. The zero-order valence-corrected chi connectivity index (χ0v) is 36.0. The Morgan fingerprint density at radius 1 is 0.823 bits per heavy atom. The molecule has 0 unspecified atom stereocenters. The second-order valence-electron chi connectivity index (χ2n) is 15.8. The summed E-state index contributed by atoms with van der Waals surface area (Å²) >= 11 is 6.08. The fourth-order valence-corrected chi connectivity index (χ4v) is 6.79. The average molecular weight is 860 g/mol. The molecule has 7 aromatic rings. The van der Waals surface area contributed by atoms with Crippen LogP contribution in [-0.2, 0) is 25.9 Å². The summed E-state index contributed by atoms with van der Waals surface area (Å²) < 4.78 is 14.6. The lowest BCUT2D eigenvalue weighted by Crippen LogP contribution is -2.50. The van der Waals surface area contributed by atoms with Crippen LogP contribution in [0.2, 0.25) is 5.02 Å². The second kappa shape index (κ2) is 18.8. The van der Waals surface area contributed by atoms with E-state index in [0.717, 1.165) is 33.3 Å². The van der Waals surface area contributed by atoms with E-state index in [-0.39, 0.29) is 25.1 Å². The zero-order chi connectivity index (χ0) is 43.4. The molecular formula is C45H52ClN12O4+. The van der Waals surface area contributed by atoms with Crippen molar-refractivity contribution < 1.29 is 23.8 Å². The lowest BCUT2D eigenvalue weighted by molar-refractivity contribution is -0.751. The summed E-state index contributed by atoms with van der Waals surface area (Å²) in [6, 6.07) is 13.1. The molecule has 0 atom stereocenters. The summed E-state index contributed by atoms with van der Waals surface area (Å²) in [5.41, 5.74) is 7.47. The number of anilines is 1. The monoisotopic (exact) mass is 859 g/mol. The van der Waals surface area contributed by atoms with Crippen LogP contribution in [0.5, 0.6) is 0 Å². The Bertz CT molecular complexity index is 2690. The van der Waals surface area contributed by atoms with Gasteiger partial charge in [-0.25, -0.2) is 24.0 Å². The number of carbonyl (C=O) groups is 3. The number of aromatic nitrogens is 9. The predicted octanol–water partition coefficient (Wildman–Crippen LogP) is 6.84. The number of carbonyl (C=O) groups excluding carboxylic acids is 3. The van der Waals surface area contributed by atoms with E-state index < -0.39 is 5.60 Å². The van der Waals surface area contributed by atoms with E-state index in [4.69, 9.17) is 16.3 Å². The quantitative estimate of drug-likeness (QED) is 0.134. The highest BCUT2D eigenvalue weighted by Gasteiger charge is 2.27. The van der Waals surface area contributed by atoms with Gasteiger partial charge in [0.2, 0.25) is 12.1 Å². The van der Waals surface area contributed by atoms with Crippen molar-refractivity contribution in [2.75, 3.05) is 31.1 Å². The van der Waals surface area contributed by atoms with Crippen molar-refractivity contribution in [2.45, 2.75) is 47.1 Å². The molecule has 8 heterocycles. The van der Waals surface area contributed by atoms with Crippen LogP contribution >= 0.6 is 11.6 Å². The summed E-state index contributed by atoms with van der Waals surface area (Å²) in [6.45, 7) is 9.87. The van der Waals surface area contributed by atoms with Gasteiger partial charge in [-0.3, -0.25) is 14.3 Å². The number of fused-ring (bicyclic) bond motifs is 2. The first-order valence-electron chi connectivity index (χ1n) is 19.7. The van der Waals surface area contributed by atoms with Gasteiger partial charge < -0.3 is 14.5 Å². The molecular weight excluding hydrogens is 808 g/mol. The Labute approximate surface area is 365 Å². The van der Waals surface area contributed by atoms with Gasteiger partial charge in [0.05, 0.1) is 41.1 Å². The molecule has 0 radical (unpaired) electrons. The Hall–Kier alpha value is -6.94. The normalized spacial score (nSPS) is 13.4. The van der Waals surface area contributed by atoms with Crippen molar-refractivity contribution in [2.24, 2.45) is 26.2 Å². The third-order valence-electron chi connectivity index (χ3n) is 9.98. The van der Waals surface area contributed by atoms with Gasteiger partial charge in [-0.15, -0.1) is 4.68 Å². The number of Topliss-reactive ketones (excluding diaryl/α,β-unsaturated/α-hetero) is 1. The van der Waals surface area contributed by atoms with Crippen LogP contribution in [0.15, 0.2) is 103 Å². The van der Waals surface area contributed by atoms with Crippen LogP contribution in [0, 0.1) is 6.92 Å². The number of halogens is 1. The lowest BCUT2D eigenvalue weighted by atomic mass is 10.0. The average Bonchev–Trinajstić information content (AvgIpc) is 4.05. The van der Waals surface area contributed by atoms with E-state index in [1.807, 2.05) is 137 Å². The molecule has 1 saturated heterocycles. The minimum atomic E-state index is -0.503. The summed E-state index contributed by atoms with van der Waals surface area (Å²) in [6.07, 6.45) is 18.2. The van der Waals surface area contributed by atoms with Crippen molar-refractivity contribution in [1.82, 2.24) is 43.6 Å². The number of ether oxygens (including phenoxy) is 1. The van der Waals surface area contributed by atoms with Crippen LogP contribution in [-0.4, -0.2) is 99.3 Å². The number of rotatable bonds is 5.